The van der Waals surface area contributed by atoms with Crippen LogP contribution >= 0.6 is 11.8 Å². The second-order valence-electron chi connectivity index (χ2n) is 4.93. The molecule has 0 atom stereocenters. The van der Waals surface area contributed by atoms with Crippen molar-refractivity contribution in [2.75, 3.05) is 19.3 Å². The molecule has 0 radical (unpaired) electrons. The van der Waals surface area contributed by atoms with Crippen LogP contribution in [0.5, 0.6) is 0 Å². The molecule has 0 heterocycles. The molecule has 0 aromatic heterocycles. The highest BCUT2D eigenvalue weighted by molar-refractivity contribution is 8.00. The normalized spacial score (nSPS) is 17.9. The lowest BCUT2D eigenvalue weighted by atomic mass is 9.84. The van der Waals surface area contributed by atoms with E-state index >= 15 is 0 Å². The summed E-state index contributed by atoms with van der Waals surface area (Å²) >= 11 is 1.94. The summed E-state index contributed by atoms with van der Waals surface area (Å²) in [5, 5.41) is 6.35. The Balaban J connectivity index is 2.15. The van der Waals surface area contributed by atoms with Crippen molar-refractivity contribution in [3.05, 3.63) is 0 Å². The van der Waals surface area contributed by atoms with Crippen LogP contribution in [0, 0.1) is 0 Å². The van der Waals surface area contributed by atoms with Gasteiger partial charge in [0.1, 0.15) is 0 Å². The lowest BCUT2D eigenvalue weighted by molar-refractivity contribution is -0.121. The maximum absolute atomic E-state index is 11.7. The molecule has 3 nitrogen and oxygen atoms in total. The van der Waals surface area contributed by atoms with Gasteiger partial charge in [-0.1, -0.05) is 20.3 Å². The van der Waals surface area contributed by atoms with Crippen molar-refractivity contribution in [2.45, 2.75) is 56.7 Å². The topological polar surface area (TPSA) is 41.1 Å². The third kappa shape index (κ3) is 4.51. The van der Waals surface area contributed by atoms with Gasteiger partial charge in [0.15, 0.2) is 0 Å². The van der Waals surface area contributed by atoms with Crippen LogP contribution in [0.3, 0.4) is 0 Å². The number of amides is 1. The highest BCUT2D eigenvalue weighted by Crippen LogP contribution is 2.41. The molecule has 1 fully saturated rings. The number of hydrogen-bond acceptors (Lipinski definition) is 3. The summed E-state index contributed by atoms with van der Waals surface area (Å²) < 4.78 is 0.412. The Morgan fingerprint density at radius 1 is 1.35 bits per heavy atom. The number of hydrogen-bond donors (Lipinski definition) is 2. The van der Waals surface area contributed by atoms with E-state index in [1.807, 2.05) is 11.8 Å². The Morgan fingerprint density at radius 2 is 2.00 bits per heavy atom. The summed E-state index contributed by atoms with van der Waals surface area (Å²) in [5.74, 6) is 0.134. The monoisotopic (exact) mass is 258 g/mol. The van der Waals surface area contributed by atoms with Gasteiger partial charge in [0.05, 0.1) is 6.54 Å². The number of rotatable bonds is 8. The zero-order valence-electron chi connectivity index (χ0n) is 11.3. The molecule has 100 valence electrons. The first-order chi connectivity index (χ1) is 8.15. The Morgan fingerprint density at radius 3 is 2.41 bits per heavy atom. The maximum Gasteiger partial charge on any atom is 0.234 e. The van der Waals surface area contributed by atoms with E-state index in [2.05, 4.69) is 30.7 Å². The van der Waals surface area contributed by atoms with E-state index in [0.717, 1.165) is 19.4 Å². The zero-order valence-corrected chi connectivity index (χ0v) is 12.2. The highest BCUT2D eigenvalue weighted by Gasteiger charge is 2.35. The van der Waals surface area contributed by atoms with Crippen molar-refractivity contribution < 1.29 is 4.79 Å². The van der Waals surface area contributed by atoms with Crippen molar-refractivity contribution in [1.29, 1.82) is 0 Å². The average Bonchev–Trinajstić information content (AvgIpc) is 2.29. The van der Waals surface area contributed by atoms with Gasteiger partial charge in [-0.3, -0.25) is 4.79 Å². The quantitative estimate of drug-likeness (QED) is 0.701. The molecule has 0 aromatic carbocycles. The Labute approximate surface area is 109 Å². The van der Waals surface area contributed by atoms with Crippen molar-refractivity contribution >= 4 is 17.7 Å². The first kappa shape index (κ1) is 14.8. The zero-order chi connectivity index (χ0) is 12.7. The van der Waals surface area contributed by atoms with E-state index in [0.29, 0.717) is 17.3 Å². The van der Waals surface area contributed by atoms with Crippen LogP contribution in [0.1, 0.15) is 46.0 Å². The maximum atomic E-state index is 11.7. The summed E-state index contributed by atoms with van der Waals surface area (Å²) in [6.45, 7) is 5.64. The smallest absolute Gasteiger partial charge is 0.234 e. The van der Waals surface area contributed by atoms with E-state index in [4.69, 9.17) is 0 Å². The summed E-state index contributed by atoms with van der Waals surface area (Å²) in [5.41, 5.74) is 0. The summed E-state index contributed by atoms with van der Waals surface area (Å²) in [7, 11) is 0. The van der Waals surface area contributed by atoms with E-state index in [-0.39, 0.29) is 5.91 Å². The molecule has 4 heteroatoms. The largest absolute Gasteiger partial charge is 0.352 e. The second kappa shape index (κ2) is 7.27. The Kier molecular flexibility index (Phi) is 6.34. The summed E-state index contributed by atoms with van der Waals surface area (Å²) in [6.07, 6.45) is 8.10. The first-order valence-corrected chi connectivity index (χ1v) is 7.93. The summed E-state index contributed by atoms with van der Waals surface area (Å²) in [4.78, 5) is 11.7. The number of thioether (sulfide) groups is 1. The fourth-order valence-electron chi connectivity index (χ4n) is 2.20. The number of nitrogens with one attached hydrogen (secondary N) is 2. The fourth-order valence-corrected chi connectivity index (χ4v) is 3.14. The molecule has 2 N–H and O–H groups in total. The molecule has 1 amide bonds. The Bertz CT molecular complexity index is 232. The van der Waals surface area contributed by atoms with Crippen LogP contribution in [-0.2, 0) is 4.79 Å². The third-order valence-corrected chi connectivity index (χ3v) is 5.20. The minimum absolute atomic E-state index is 0.134. The van der Waals surface area contributed by atoms with E-state index in [1.165, 1.54) is 19.3 Å². The van der Waals surface area contributed by atoms with Gasteiger partial charge in [0.2, 0.25) is 5.91 Å². The first-order valence-electron chi connectivity index (χ1n) is 6.71. The van der Waals surface area contributed by atoms with Gasteiger partial charge < -0.3 is 10.6 Å². The van der Waals surface area contributed by atoms with Gasteiger partial charge in [-0.2, -0.15) is 11.8 Å². The fraction of sp³-hybridized carbons (Fsp3) is 0.923. The molecule has 0 aromatic rings. The molecule has 1 aliphatic carbocycles. The molecule has 1 rings (SSSR count). The molecule has 0 saturated heterocycles. The molecule has 0 aliphatic heterocycles. The average molecular weight is 258 g/mol. The predicted octanol–water partition coefficient (Wildman–Crippen LogP) is 2.17. The number of carbonyl (C=O) groups excluding carboxylic acids is 1. The lowest BCUT2D eigenvalue weighted by Crippen LogP contribution is -2.47. The molecule has 1 saturated carbocycles. The highest BCUT2D eigenvalue weighted by atomic mass is 32.2. The van der Waals surface area contributed by atoms with Crippen LogP contribution in [0.4, 0.5) is 0 Å². The van der Waals surface area contributed by atoms with Crippen LogP contribution < -0.4 is 10.6 Å². The SMILES string of the molecule is CCC(CC)NC(=O)CNCC1(SC)CCC1. The Hall–Kier alpha value is -0.220. The van der Waals surface area contributed by atoms with Gasteiger partial charge in [-0.25, -0.2) is 0 Å². The second-order valence-corrected chi connectivity index (χ2v) is 6.20. The predicted molar refractivity (Wildman–Crippen MR) is 75.5 cm³/mol. The molecule has 0 spiro atoms. The standard InChI is InChI=1S/C13H26N2OS/c1-4-11(5-2)15-12(16)9-14-10-13(17-3)7-6-8-13/h11,14H,4-10H2,1-3H3,(H,15,16). The molecule has 0 bridgehead atoms. The lowest BCUT2D eigenvalue weighted by Gasteiger charge is -2.40. The molecule has 17 heavy (non-hydrogen) atoms. The number of carbonyl (C=O) groups is 1. The van der Waals surface area contributed by atoms with Crippen LogP contribution in [-0.4, -0.2) is 36.0 Å². The van der Waals surface area contributed by atoms with Crippen molar-refractivity contribution in [1.82, 2.24) is 10.6 Å². The van der Waals surface area contributed by atoms with E-state index in [1.54, 1.807) is 0 Å². The minimum atomic E-state index is 0.134. The van der Waals surface area contributed by atoms with Crippen LogP contribution in [0.2, 0.25) is 0 Å². The van der Waals surface area contributed by atoms with Crippen LogP contribution in [0.25, 0.3) is 0 Å². The molecule has 0 unspecified atom stereocenters. The molecule has 1 aliphatic rings. The summed E-state index contributed by atoms with van der Waals surface area (Å²) in [6, 6.07) is 0.336. The van der Waals surface area contributed by atoms with Crippen molar-refractivity contribution in [3.8, 4) is 0 Å². The third-order valence-electron chi connectivity index (χ3n) is 3.78. The van der Waals surface area contributed by atoms with Gasteiger partial charge in [-0.05, 0) is 31.9 Å². The van der Waals surface area contributed by atoms with Gasteiger partial charge in [0.25, 0.3) is 0 Å². The molecular formula is C13H26N2OS. The van der Waals surface area contributed by atoms with Gasteiger partial charge in [0, 0.05) is 17.3 Å². The van der Waals surface area contributed by atoms with Crippen LogP contribution in [0.15, 0.2) is 0 Å². The van der Waals surface area contributed by atoms with Crippen molar-refractivity contribution in [3.63, 3.8) is 0 Å². The van der Waals surface area contributed by atoms with Gasteiger partial charge in [-0.15, -0.1) is 0 Å². The van der Waals surface area contributed by atoms with E-state index in [9.17, 15) is 4.79 Å². The van der Waals surface area contributed by atoms with E-state index < -0.39 is 0 Å². The van der Waals surface area contributed by atoms with Crippen molar-refractivity contribution in [2.24, 2.45) is 0 Å². The minimum Gasteiger partial charge on any atom is -0.352 e. The molecular weight excluding hydrogens is 232 g/mol. The van der Waals surface area contributed by atoms with Gasteiger partial charge >= 0.3 is 0 Å².